The van der Waals surface area contributed by atoms with Gasteiger partial charge >= 0.3 is 0 Å². The summed E-state index contributed by atoms with van der Waals surface area (Å²) in [4.78, 5) is 16.0. The van der Waals surface area contributed by atoms with Gasteiger partial charge in [-0.05, 0) is 7.05 Å². The zero-order chi connectivity index (χ0) is 9.84. The van der Waals surface area contributed by atoms with E-state index >= 15 is 0 Å². The first-order chi connectivity index (χ1) is 6.09. The van der Waals surface area contributed by atoms with E-state index in [4.69, 9.17) is 0 Å². The van der Waals surface area contributed by atoms with Gasteiger partial charge in [0.25, 0.3) is 0 Å². The Morgan fingerprint density at radius 2 is 1.77 bits per heavy atom. The summed E-state index contributed by atoms with van der Waals surface area (Å²) in [5.41, 5.74) is 0. The molecule has 1 fully saturated rings. The molecule has 1 heterocycles. The van der Waals surface area contributed by atoms with Crippen LogP contribution in [0.3, 0.4) is 0 Å². The molecular formula is C10H20N2O. The summed E-state index contributed by atoms with van der Waals surface area (Å²) in [6.07, 6.45) is 0. The van der Waals surface area contributed by atoms with Gasteiger partial charge in [-0.1, -0.05) is 13.8 Å². The lowest BCUT2D eigenvalue weighted by Gasteiger charge is -2.32. The third-order valence-corrected chi connectivity index (χ3v) is 2.62. The highest BCUT2D eigenvalue weighted by Gasteiger charge is 2.17. The van der Waals surface area contributed by atoms with Crippen LogP contribution in [0.25, 0.3) is 0 Å². The second-order valence-corrected chi connectivity index (χ2v) is 4.20. The predicted octanol–water partition coefficient (Wildman–Crippen LogP) is 0.459. The molecule has 0 N–H and O–H groups in total. The minimum absolute atomic E-state index is 0.180. The number of nitrogens with zero attached hydrogens (tertiary/aromatic N) is 2. The van der Waals surface area contributed by atoms with Crippen molar-refractivity contribution in [3.63, 3.8) is 0 Å². The first-order valence-corrected chi connectivity index (χ1v) is 5.03. The van der Waals surface area contributed by atoms with Crippen LogP contribution in [0.1, 0.15) is 13.8 Å². The number of rotatable bonds is 3. The number of carbonyl (C=O) groups excluding carboxylic acids is 1. The molecule has 0 unspecified atom stereocenters. The van der Waals surface area contributed by atoms with Crippen LogP contribution >= 0.6 is 0 Å². The normalized spacial score (nSPS) is 20.9. The molecule has 0 aromatic rings. The van der Waals surface area contributed by atoms with Crippen LogP contribution in [0.2, 0.25) is 0 Å². The van der Waals surface area contributed by atoms with Crippen LogP contribution in [-0.2, 0) is 4.79 Å². The second kappa shape index (κ2) is 4.72. The molecule has 0 saturated carbocycles. The fraction of sp³-hybridized carbons (Fsp3) is 0.900. The van der Waals surface area contributed by atoms with Crippen LogP contribution in [0.15, 0.2) is 0 Å². The Kier molecular flexibility index (Phi) is 3.88. The smallest absolute Gasteiger partial charge is 0.149 e. The summed E-state index contributed by atoms with van der Waals surface area (Å²) < 4.78 is 0. The summed E-state index contributed by atoms with van der Waals surface area (Å²) in [5, 5.41) is 0. The van der Waals surface area contributed by atoms with E-state index in [0.29, 0.717) is 12.3 Å². The Labute approximate surface area is 80.7 Å². The zero-order valence-corrected chi connectivity index (χ0v) is 8.92. The minimum atomic E-state index is 0.180. The van der Waals surface area contributed by atoms with Crippen LogP contribution in [0.4, 0.5) is 0 Å². The largest absolute Gasteiger partial charge is 0.304 e. The molecule has 1 aliphatic rings. The molecule has 1 aliphatic heterocycles. The summed E-state index contributed by atoms with van der Waals surface area (Å²) in [5.74, 6) is 0.546. The van der Waals surface area contributed by atoms with Gasteiger partial charge in [-0.15, -0.1) is 0 Å². The quantitative estimate of drug-likeness (QED) is 0.636. The molecule has 0 spiro atoms. The standard InChI is InChI=1S/C10H20N2O/c1-9(2)10(13)8-12-6-4-11(3)5-7-12/h9H,4-8H2,1-3H3. The van der Waals surface area contributed by atoms with Crippen molar-refractivity contribution in [2.75, 3.05) is 39.8 Å². The van der Waals surface area contributed by atoms with E-state index in [9.17, 15) is 4.79 Å². The van der Waals surface area contributed by atoms with Crippen molar-refractivity contribution in [3.8, 4) is 0 Å². The molecule has 0 atom stereocenters. The highest BCUT2D eigenvalue weighted by atomic mass is 16.1. The van der Waals surface area contributed by atoms with Crippen molar-refractivity contribution in [1.29, 1.82) is 0 Å². The van der Waals surface area contributed by atoms with Gasteiger partial charge in [0.15, 0.2) is 0 Å². The lowest BCUT2D eigenvalue weighted by Crippen LogP contribution is -2.46. The number of ketones is 1. The first kappa shape index (κ1) is 10.7. The van der Waals surface area contributed by atoms with E-state index in [2.05, 4.69) is 16.8 Å². The van der Waals surface area contributed by atoms with Crippen LogP contribution in [0.5, 0.6) is 0 Å². The van der Waals surface area contributed by atoms with E-state index < -0.39 is 0 Å². The molecule has 0 bridgehead atoms. The topological polar surface area (TPSA) is 23.6 Å². The molecule has 0 aromatic carbocycles. The van der Waals surface area contributed by atoms with Crippen LogP contribution in [0, 0.1) is 5.92 Å². The summed E-state index contributed by atoms with van der Waals surface area (Å²) >= 11 is 0. The number of carbonyl (C=O) groups is 1. The second-order valence-electron chi connectivity index (χ2n) is 4.20. The summed E-state index contributed by atoms with van der Waals surface area (Å²) in [7, 11) is 2.13. The molecule has 0 aromatic heterocycles. The molecule has 0 aliphatic carbocycles. The van der Waals surface area contributed by atoms with Gasteiger partial charge in [-0.3, -0.25) is 9.69 Å². The van der Waals surface area contributed by atoms with Gasteiger partial charge in [0.1, 0.15) is 5.78 Å². The first-order valence-electron chi connectivity index (χ1n) is 5.03. The van der Waals surface area contributed by atoms with Crippen molar-refractivity contribution >= 4 is 5.78 Å². The number of hydrogen-bond acceptors (Lipinski definition) is 3. The Morgan fingerprint density at radius 3 is 2.23 bits per heavy atom. The number of Topliss-reactive ketones (excluding diaryl/α,β-unsaturated/α-hetero) is 1. The Balaban J connectivity index is 2.26. The highest BCUT2D eigenvalue weighted by molar-refractivity contribution is 5.82. The molecule has 0 amide bonds. The Morgan fingerprint density at radius 1 is 1.23 bits per heavy atom. The third kappa shape index (κ3) is 3.44. The monoisotopic (exact) mass is 184 g/mol. The van der Waals surface area contributed by atoms with E-state index in [0.717, 1.165) is 26.2 Å². The van der Waals surface area contributed by atoms with E-state index in [1.165, 1.54) is 0 Å². The molecule has 3 heteroatoms. The van der Waals surface area contributed by atoms with E-state index in [-0.39, 0.29) is 5.92 Å². The molecule has 1 rings (SSSR count). The minimum Gasteiger partial charge on any atom is -0.304 e. The number of hydrogen-bond donors (Lipinski definition) is 0. The van der Waals surface area contributed by atoms with Gasteiger partial charge in [0.2, 0.25) is 0 Å². The molecule has 0 radical (unpaired) electrons. The van der Waals surface area contributed by atoms with Crippen molar-refractivity contribution < 1.29 is 4.79 Å². The van der Waals surface area contributed by atoms with Crippen LogP contribution in [-0.4, -0.2) is 55.4 Å². The molecule has 1 saturated heterocycles. The average molecular weight is 184 g/mol. The van der Waals surface area contributed by atoms with Gasteiger partial charge in [0.05, 0.1) is 6.54 Å². The van der Waals surface area contributed by atoms with Crippen LogP contribution < -0.4 is 0 Å². The number of piperazine rings is 1. The zero-order valence-electron chi connectivity index (χ0n) is 8.92. The van der Waals surface area contributed by atoms with Gasteiger partial charge < -0.3 is 4.90 Å². The van der Waals surface area contributed by atoms with Gasteiger partial charge in [-0.25, -0.2) is 0 Å². The molecule has 3 nitrogen and oxygen atoms in total. The maximum absolute atomic E-state index is 11.4. The Bertz CT molecular complexity index is 172. The molecule has 13 heavy (non-hydrogen) atoms. The lowest BCUT2D eigenvalue weighted by atomic mass is 10.1. The predicted molar refractivity (Wildman–Crippen MR) is 53.8 cm³/mol. The van der Waals surface area contributed by atoms with Crippen molar-refractivity contribution in [1.82, 2.24) is 9.80 Å². The fourth-order valence-electron chi connectivity index (χ4n) is 1.41. The summed E-state index contributed by atoms with van der Waals surface area (Å²) in [6.45, 7) is 8.84. The highest BCUT2D eigenvalue weighted by Crippen LogP contribution is 2.02. The Hall–Kier alpha value is -0.410. The lowest BCUT2D eigenvalue weighted by molar-refractivity contribution is -0.123. The maximum Gasteiger partial charge on any atom is 0.149 e. The molecule has 76 valence electrons. The SMILES string of the molecule is CC(C)C(=O)CN1CCN(C)CC1. The van der Waals surface area contributed by atoms with Gasteiger partial charge in [-0.2, -0.15) is 0 Å². The van der Waals surface area contributed by atoms with Crippen molar-refractivity contribution in [2.45, 2.75) is 13.8 Å². The van der Waals surface area contributed by atoms with E-state index in [1.807, 2.05) is 13.8 Å². The maximum atomic E-state index is 11.4. The average Bonchev–Trinajstić information content (AvgIpc) is 2.08. The van der Waals surface area contributed by atoms with Gasteiger partial charge in [0, 0.05) is 32.1 Å². The summed E-state index contributed by atoms with van der Waals surface area (Å²) in [6, 6.07) is 0. The molecular weight excluding hydrogens is 164 g/mol. The third-order valence-electron chi connectivity index (χ3n) is 2.62. The fourth-order valence-corrected chi connectivity index (χ4v) is 1.41. The van der Waals surface area contributed by atoms with E-state index in [1.54, 1.807) is 0 Å². The van der Waals surface area contributed by atoms with Crippen molar-refractivity contribution in [3.05, 3.63) is 0 Å². The number of likely N-dealkylation sites (N-methyl/N-ethyl adjacent to an activating group) is 1. The van der Waals surface area contributed by atoms with Crippen molar-refractivity contribution in [2.24, 2.45) is 5.92 Å².